The fourth-order valence-electron chi connectivity index (χ4n) is 2.08. The Labute approximate surface area is 156 Å². The van der Waals surface area contributed by atoms with Crippen molar-refractivity contribution < 1.29 is 19.1 Å². The van der Waals surface area contributed by atoms with Crippen molar-refractivity contribution in [1.29, 1.82) is 0 Å². The first-order valence-electron chi connectivity index (χ1n) is 7.88. The molecule has 0 aliphatic rings. The Morgan fingerprint density at radius 1 is 1.12 bits per heavy atom. The molecule has 0 fully saturated rings. The molecule has 0 heterocycles. The molecular weight excluding hydrogens is 356 g/mol. The zero-order valence-electron chi connectivity index (χ0n) is 14.5. The second-order valence-electron chi connectivity index (χ2n) is 5.75. The highest BCUT2D eigenvalue weighted by Crippen LogP contribution is 2.12. The van der Waals surface area contributed by atoms with Crippen molar-refractivity contribution in [3.8, 4) is 0 Å². The lowest BCUT2D eigenvalue weighted by atomic mass is 10.2. The SMILES string of the molecule is Cc1ccc(NC(=O)CN(C)C(=O)COC(=O)c2cccc(Cl)c2)cc1. The molecule has 2 amide bonds. The zero-order chi connectivity index (χ0) is 19.1. The second kappa shape index (κ2) is 9.01. The number of benzene rings is 2. The summed E-state index contributed by atoms with van der Waals surface area (Å²) in [6.45, 7) is 1.34. The predicted octanol–water partition coefficient (Wildman–Crippen LogP) is 2.90. The van der Waals surface area contributed by atoms with Crippen LogP contribution in [-0.4, -0.2) is 42.9 Å². The topological polar surface area (TPSA) is 75.7 Å². The van der Waals surface area contributed by atoms with Crippen LogP contribution in [0.25, 0.3) is 0 Å². The van der Waals surface area contributed by atoms with Gasteiger partial charge in [-0.05, 0) is 37.3 Å². The number of aryl methyl sites for hydroxylation is 1. The molecule has 0 bridgehead atoms. The molecule has 0 spiro atoms. The van der Waals surface area contributed by atoms with Crippen LogP contribution in [0.2, 0.25) is 5.02 Å². The summed E-state index contributed by atoms with van der Waals surface area (Å²) in [5.41, 5.74) is 1.98. The van der Waals surface area contributed by atoms with E-state index in [1.165, 1.54) is 24.1 Å². The van der Waals surface area contributed by atoms with Crippen LogP contribution in [0.15, 0.2) is 48.5 Å². The van der Waals surface area contributed by atoms with E-state index in [9.17, 15) is 14.4 Å². The lowest BCUT2D eigenvalue weighted by Crippen LogP contribution is -2.37. The van der Waals surface area contributed by atoms with Gasteiger partial charge in [-0.3, -0.25) is 9.59 Å². The molecule has 0 aliphatic carbocycles. The third kappa shape index (κ3) is 5.89. The molecule has 0 saturated carbocycles. The van der Waals surface area contributed by atoms with E-state index in [1.807, 2.05) is 19.1 Å². The van der Waals surface area contributed by atoms with Crippen molar-refractivity contribution >= 4 is 35.1 Å². The van der Waals surface area contributed by atoms with Crippen LogP contribution in [0.4, 0.5) is 5.69 Å². The number of hydrogen-bond acceptors (Lipinski definition) is 4. The number of likely N-dealkylation sites (N-methyl/N-ethyl adjacent to an activating group) is 1. The molecule has 0 aromatic heterocycles. The van der Waals surface area contributed by atoms with Crippen molar-refractivity contribution in [3.05, 3.63) is 64.7 Å². The van der Waals surface area contributed by atoms with Gasteiger partial charge in [0.15, 0.2) is 6.61 Å². The maximum Gasteiger partial charge on any atom is 0.338 e. The standard InChI is InChI=1S/C19H19ClN2O4/c1-13-6-8-16(9-7-13)21-17(23)11-22(2)18(24)12-26-19(25)14-4-3-5-15(20)10-14/h3-10H,11-12H2,1-2H3,(H,21,23). The first kappa shape index (κ1) is 19.5. The second-order valence-corrected chi connectivity index (χ2v) is 6.19. The monoisotopic (exact) mass is 374 g/mol. The zero-order valence-corrected chi connectivity index (χ0v) is 15.2. The number of nitrogens with one attached hydrogen (secondary N) is 1. The van der Waals surface area contributed by atoms with Crippen molar-refractivity contribution in [3.63, 3.8) is 0 Å². The van der Waals surface area contributed by atoms with Gasteiger partial charge in [0.2, 0.25) is 5.91 Å². The Morgan fingerprint density at radius 3 is 2.46 bits per heavy atom. The highest BCUT2D eigenvalue weighted by atomic mass is 35.5. The van der Waals surface area contributed by atoms with E-state index < -0.39 is 18.5 Å². The first-order valence-corrected chi connectivity index (χ1v) is 8.26. The Bertz CT molecular complexity index is 805. The smallest absolute Gasteiger partial charge is 0.338 e. The molecule has 2 aromatic carbocycles. The van der Waals surface area contributed by atoms with Crippen LogP contribution in [0.5, 0.6) is 0 Å². The number of amides is 2. The molecule has 0 atom stereocenters. The summed E-state index contributed by atoms with van der Waals surface area (Å²) < 4.78 is 4.96. The van der Waals surface area contributed by atoms with E-state index in [4.69, 9.17) is 16.3 Å². The third-order valence-corrected chi connectivity index (χ3v) is 3.76. The summed E-state index contributed by atoms with van der Waals surface area (Å²) in [4.78, 5) is 37.1. The van der Waals surface area contributed by atoms with Crippen molar-refractivity contribution in [2.75, 3.05) is 25.5 Å². The summed E-state index contributed by atoms with van der Waals surface area (Å²) in [6, 6.07) is 13.5. The first-order chi connectivity index (χ1) is 12.3. The van der Waals surface area contributed by atoms with E-state index >= 15 is 0 Å². The minimum atomic E-state index is -0.654. The molecule has 136 valence electrons. The van der Waals surface area contributed by atoms with Gasteiger partial charge in [0.25, 0.3) is 5.91 Å². The van der Waals surface area contributed by atoms with Gasteiger partial charge in [-0.2, -0.15) is 0 Å². The maximum atomic E-state index is 12.0. The summed E-state index contributed by atoms with van der Waals surface area (Å²) in [6.07, 6.45) is 0. The molecule has 0 saturated heterocycles. The summed E-state index contributed by atoms with van der Waals surface area (Å²) in [5, 5.41) is 3.10. The Morgan fingerprint density at radius 2 is 1.81 bits per heavy atom. The molecule has 6 nitrogen and oxygen atoms in total. The third-order valence-electron chi connectivity index (χ3n) is 3.53. The van der Waals surface area contributed by atoms with Gasteiger partial charge < -0.3 is 15.0 Å². The normalized spacial score (nSPS) is 10.1. The minimum Gasteiger partial charge on any atom is -0.452 e. The number of carbonyl (C=O) groups excluding carboxylic acids is 3. The fraction of sp³-hybridized carbons (Fsp3) is 0.211. The van der Waals surface area contributed by atoms with Crippen LogP contribution in [-0.2, 0) is 14.3 Å². The van der Waals surface area contributed by atoms with E-state index in [1.54, 1.807) is 24.3 Å². The van der Waals surface area contributed by atoms with Crippen molar-refractivity contribution in [2.24, 2.45) is 0 Å². The largest absolute Gasteiger partial charge is 0.452 e. The van der Waals surface area contributed by atoms with Crippen LogP contribution >= 0.6 is 11.6 Å². The Hall–Kier alpha value is -2.86. The summed E-state index contributed by atoms with van der Waals surface area (Å²) in [7, 11) is 1.46. The van der Waals surface area contributed by atoms with Crippen LogP contribution < -0.4 is 5.32 Å². The van der Waals surface area contributed by atoms with Crippen LogP contribution in [0.1, 0.15) is 15.9 Å². The molecule has 26 heavy (non-hydrogen) atoms. The van der Waals surface area contributed by atoms with Gasteiger partial charge >= 0.3 is 5.97 Å². The van der Waals surface area contributed by atoms with Crippen LogP contribution in [0, 0.1) is 6.92 Å². The average Bonchev–Trinajstić information content (AvgIpc) is 2.61. The highest BCUT2D eigenvalue weighted by molar-refractivity contribution is 6.30. The predicted molar refractivity (Wildman–Crippen MR) is 99.2 cm³/mol. The average molecular weight is 375 g/mol. The van der Waals surface area contributed by atoms with Gasteiger partial charge in [0.05, 0.1) is 12.1 Å². The molecule has 7 heteroatoms. The molecule has 2 aromatic rings. The summed E-state index contributed by atoms with van der Waals surface area (Å²) in [5.74, 6) is -1.48. The number of ether oxygens (including phenoxy) is 1. The fourth-order valence-corrected chi connectivity index (χ4v) is 2.27. The maximum absolute atomic E-state index is 12.0. The van der Waals surface area contributed by atoms with Crippen molar-refractivity contribution in [1.82, 2.24) is 4.90 Å². The Balaban J connectivity index is 1.80. The summed E-state index contributed by atoms with van der Waals surface area (Å²) >= 11 is 5.81. The lowest BCUT2D eigenvalue weighted by molar-refractivity contribution is -0.136. The molecular formula is C19H19ClN2O4. The Kier molecular flexibility index (Phi) is 6.74. The number of rotatable bonds is 6. The van der Waals surface area contributed by atoms with E-state index in [2.05, 4.69) is 5.32 Å². The molecule has 0 radical (unpaired) electrons. The number of anilines is 1. The van der Waals surface area contributed by atoms with E-state index in [-0.39, 0.29) is 18.0 Å². The van der Waals surface area contributed by atoms with Gasteiger partial charge in [-0.15, -0.1) is 0 Å². The number of halogens is 1. The lowest BCUT2D eigenvalue weighted by Gasteiger charge is -2.17. The molecule has 2 rings (SSSR count). The number of nitrogens with zero attached hydrogens (tertiary/aromatic N) is 1. The minimum absolute atomic E-state index is 0.151. The van der Waals surface area contributed by atoms with Gasteiger partial charge in [-0.25, -0.2) is 4.79 Å². The number of hydrogen-bond donors (Lipinski definition) is 1. The molecule has 1 N–H and O–H groups in total. The van der Waals surface area contributed by atoms with Gasteiger partial charge in [-0.1, -0.05) is 35.4 Å². The van der Waals surface area contributed by atoms with Crippen molar-refractivity contribution in [2.45, 2.75) is 6.92 Å². The quantitative estimate of drug-likeness (QED) is 0.789. The van der Waals surface area contributed by atoms with Crippen LogP contribution in [0.3, 0.4) is 0 Å². The number of esters is 1. The number of carbonyl (C=O) groups is 3. The molecule has 0 unspecified atom stereocenters. The van der Waals surface area contributed by atoms with E-state index in [0.29, 0.717) is 10.7 Å². The molecule has 0 aliphatic heterocycles. The van der Waals surface area contributed by atoms with Gasteiger partial charge in [0.1, 0.15) is 0 Å². The van der Waals surface area contributed by atoms with Gasteiger partial charge in [0, 0.05) is 17.8 Å². The van der Waals surface area contributed by atoms with E-state index in [0.717, 1.165) is 5.56 Å². The highest BCUT2D eigenvalue weighted by Gasteiger charge is 2.16.